The number of alkyl halides is 3. The molecule has 2 aromatic heterocycles. The maximum Gasteiger partial charge on any atom is 0.407 e. The Kier molecular flexibility index (Phi) is 12.0. The molecule has 0 saturated carbocycles. The van der Waals surface area contributed by atoms with Gasteiger partial charge in [0.05, 0.1) is 41.8 Å². The van der Waals surface area contributed by atoms with Crippen LogP contribution in [0.1, 0.15) is 60.1 Å². The Hall–Kier alpha value is -5.80. The minimum atomic E-state index is -4.61. The number of pyridine rings is 2. The van der Waals surface area contributed by atoms with Crippen LogP contribution in [0.4, 0.5) is 41.9 Å². The molecule has 0 bridgehead atoms. The number of carbonyl (C=O) groups is 4. The highest BCUT2D eigenvalue weighted by molar-refractivity contribution is 6.05. The van der Waals surface area contributed by atoms with Gasteiger partial charge >= 0.3 is 6.18 Å². The van der Waals surface area contributed by atoms with Crippen LogP contribution in [0, 0.1) is 24.3 Å². The van der Waals surface area contributed by atoms with Crippen LogP contribution in [0.5, 0.6) is 0 Å². The Morgan fingerprint density at radius 3 is 2.19 bits per heavy atom. The van der Waals surface area contributed by atoms with E-state index in [0.29, 0.717) is 67.0 Å². The van der Waals surface area contributed by atoms with E-state index in [1.165, 1.54) is 12.1 Å². The van der Waals surface area contributed by atoms with Crippen LogP contribution in [0.15, 0.2) is 48.7 Å². The molecule has 5 fully saturated rings. The first-order valence-corrected chi connectivity index (χ1v) is 22.1. The average molecular weight is 868 g/mol. The third-order valence-electron chi connectivity index (χ3n) is 13.7. The number of anilines is 4. The average Bonchev–Trinajstić information content (AvgIpc) is 3.60. The molecule has 332 valence electrons. The normalized spacial score (nSPS) is 22.2. The van der Waals surface area contributed by atoms with Gasteiger partial charge in [0.25, 0.3) is 5.91 Å². The van der Waals surface area contributed by atoms with E-state index in [1.54, 1.807) is 4.90 Å². The number of halogens is 3. The number of fused-ring (bicyclic) bond motifs is 1. The van der Waals surface area contributed by atoms with Crippen molar-refractivity contribution in [3.8, 4) is 0 Å². The number of hydrogen-bond acceptors (Lipinski definition) is 11. The lowest BCUT2D eigenvalue weighted by Crippen LogP contribution is -2.56. The van der Waals surface area contributed by atoms with Crippen LogP contribution in [0.25, 0.3) is 4.85 Å². The molecule has 6 aliphatic rings. The van der Waals surface area contributed by atoms with E-state index in [2.05, 4.69) is 40.1 Å². The smallest absolute Gasteiger partial charge is 0.372 e. The fraction of sp³-hybridized carbons (Fsp3) is 0.533. The van der Waals surface area contributed by atoms with Crippen LogP contribution >= 0.6 is 0 Å². The Labute approximate surface area is 364 Å². The lowest BCUT2D eigenvalue weighted by molar-refractivity contribution is -0.138. The molecule has 1 unspecified atom stereocenters. The molecule has 5 saturated heterocycles. The van der Waals surface area contributed by atoms with Gasteiger partial charge in [-0.05, 0) is 80.3 Å². The van der Waals surface area contributed by atoms with Crippen molar-refractivity contribution in [2.24, 2.45) is 17.8 Å². The molecule has 1 atom stereocenters. The topological polar surface area (TPSA) is 142 Å². The minimum absolute atomic E-state index is 0.140. The van der Waals surface area contributed by atoms with Crippen molar-refractivity contribution in [2.75, 3.05) is 98.6 Å². The molecule has 6 aliphatic heterocycles. The SMILES string of the molecule is [C-]#[N+]c1ccc(N2CCC(C(=O)Nc3ccc(N4CCC(CN5CC(CN6CCN(c7ccc8c(n7)CN(C7CCC(=O)NC7=O)C8=O)CC6)C5)CC4)cn3)CC2)cc1C(F)(F)F. The second kappa shape index (κ2) is 17.8. The summed E-state index contributed by atoms with van der Waals surface area (Å²) in [6, 6.07) is 10.7. The standard InChI is InChI=1S/C45H52F3N11O4/c1-49-36-5-2-32(22-35(36)45(46,47)48)56-16-12-31(13-17-56)42(61)52-39-7-3-33(23-50-39)57-14-10-29(11-15-57)24-55-26-30(27-55)25-54-18-20-58(21-19-54)40-8-4-34-37(51-40)28-59(44(34)63)38-6-9-41(60)53-43(38)62/h2-5,7-8,22-23,29-31,38H,6,9-21,24-28H2,(H,50,52,61)(H,53,60,62). The Morgan fingerprint density at radius 2 is 1.51 bits per heavy atom. The predicted molar refractivity (Wildman–Crippen MR) is 229 cm³/mol. The van der Waals surface area contributed by atoms with Crippen LogP contribution < -0.4 is 25.3 Å². The van der Waals surface area contributed by atoms with E-state index in [9.17, 15) is 32.3 Å². The fourth-order valence-corrected chi connectivity index (χ4v) is 10.1. The summed E-state index contributed by atoms with van der Waals surface area (Å²) in [5.41, 5.74) is 1.30. The molecule has 4 amide bonds. The van der Waals surface area contributed by atoms with E-state index >= 15 is 0 Å². The zero-order valence-corrected chi connectivity index (χ0v) is 35.2. The summed E-state index contributed by atoms with van der Waals surface area (Å²) in [6.45, 7) is 18.2. The van der Waals surface area contributed by atoms with E-state index < -0.39 is 29.4 Å². The number of benzene rings is 1. The number of rotatable bonds is 10. The third-order valence-corrected chi connectivity index (χ3v) is 13.7. The Balaban J connectivity index is 0.655. The van der Waals surface area contributed by atoms with Crippen LogP contribution in [0.2, 0.25) is 0 Å². The van der Waals surface area contributed by atoms with E-state index in [-0.39, 0.29) is 36.6 Å². The third kappa shape index (κ3) is 9.31. The van der Waals surface area contributed by atoms with Crippen molar-refractivity contribution in [3.05, 3.63) is 76.9 Å². The second-order valence-electron chi connectivity index (χ2n) is 17.8. The minimum Gasteiger partial charge on any atom is -0.372 e. The summed E-state index contributed by atoms with van der Waals surface area (Å²) in [5.74, 6) is 1.33. The maximum absolute atomic E-state index is 13.5. The predicted octanol–water partition coefficient (Wildman–Crippen LogP) is 4.63. The molecule has 15 nitrogen and oxygen atoms in total. The number of imide groups is 1. The van der Waals surface area contributed by atoms with E-state index in [1.807, 2.05) is 35.4 Å². The van der Waals surface area contributed by atoms with Crippen LogP contribution in [-0.4, -0.2) is 133 Å². The van der Waals surface area contributed by atoms with Gasteiger partial charge < -0.3 is 29.8 Å². The van der Waals surface area contributed by atoms with Crippen LogP contribution in [-0.2, 0) is 27.1 Å². The second-order valence-corrected chi connectivity index (χ2v) is 17.8. The number of hydrogen-bond donors (Lipinski definition) is 2. The summed E-state index contributed by atoms with van der Waals surface area (Å²) in [5, 5.41) is 5.28. The highest BCUT2D eigenvalue weighted by atomic mass is 19.4. The number of aromatic nitrogens is 2. The summed E-state index contributed by atoms with van der Waals surface area (Å²) in [6.07, 6.45) is 0.989. The molecular formula is C45H52F3N11O4. The van der Waals surface area contributed by atoms with Crippen molar-refractivity contribution in [2.45, 2.75) is 57.3 Å². The van der Waals surface area contributed by atoms with Gasteiger partial charge in [-0.15, -0.1) is 0 Å². The molecular weight excluding hydrogens is 816 g/mol. The van der Waals surface area contributed by atoms with Gasteiger partial charge in [0, 0.05) is 96.6 Å². The summed E-state index contributed by atoms with van der Waals surface area (Å²) in [7, 11) is 0. The van der Waals surface area contributed by atoms with Gasteiger partial charge in [-0.1, -0.05) is 6.07 Å². The number of amides is 4. The number of nitrogens with zero attached hydrogens (tertiary/aromatic N) is 9. The molecule has 0 radical (unpaired) electrons. The highest BCUT2D eigenvalue weighted by Gasteiger charge is 2.41. The van der Waals surface area contributed by atoms with Gasteiger partial charge in [-0.3, -0.25) is 29.4 Å². The maximum atomic E-state index is 13.5. The van der Waals surface area contributed by atoms with Gasteiger partial charge in [0.15, 0.2) is 5.69 Å². The molecule has 1 aromatic carbocycles. The van der Waals surface area contributed by atoms with Gasteiger partial charge in [0.1, 0.15) is 17.7 Å². The van der Waals surface area contributed by atoms with Crippen molar-refractivity contribution in [1.82, 2.24) is 30.0 Å². The zero-order chi connectivity index (χ0) is 43.8. The largest absolute Gasteiger partial charge is 0.407 e. The lowest BCUT2D eigenvalue weighted by atomic mass is 9.92. The summed E-state index contributed by atoms with van der Waals surface area (Å²) < 4.78 is 40.5. The molecule has 0 aliphatic carbocycles. The Bertz CT molecular complexity index is 2260. The lowest BCUT2D eigenvalue weighted by Gasteiger charge is -2.45. The number of piperidine rings is 3. The molecule has 8 heterocycles. The van der Waals surface area contributed by atoms with Crippen molar-refractivity contribution in [3.63, 3.8) is 0 Å². The number of carbonyl (C=O) groups excluding carboxylic acids is 4. The number of likely N-dealkylation sites (tertiary alicyclic amines) is 1. The van der Waals surface area contributed by atoms with Crippen molar-refractivity contribution >= 4 is 52.3 Å². The van der Waals surface area contributed by atoms with Gasteiger partial charge in [-0.25, -0.2) is 14.8 Å². The van der Waals surface area contributed by atoms with E-state index in [0.717, 1.165) is 95.9 Å². The van der Waals surface area contributed by atoms with E-state index in [4.69, 9.17) is 11.6 Å². The molecule has 9 rings (SSSR count). The van der Waals surface area contributed by atoms with Crippen molar-refractivity contribution < 1.29 is 32.3 Å². The highest BCUT2D eigenvalue weighted by Crippen LogP contribution is 2.39. The molecule has 2 N–H and O–H groups in total. The molecule has 18 heteroatoms. The quantitative estimate of drug-likeness (QED) is 0.218. The first kappa shape index (κ1) is 42.5. The summed E-state index contributed by atoms with van der Waals surface area (Å²) in [4.78, 5) is 75.8. The van der Waals surface area contributed by atoms with Crippen LogP contribution in [0.3, 0.4) is 0 Å². The summed E-state index contributed by atoms with van der Waals surface area (Å²) >= 11 is 0. The molecule has 0 spiro atoms. The number of piperazine rings is 1. The fourth-order valence-electron chi connectivity index (χ4n) is 10.1. The molecule has 63 heavy (non-hydrogen) atoms. The monoisotopic (exact) mass is 867 g/mol. The number of nitrogens with one attached hydrogen (secondary N) is 2. The molecule has 3 aromatic rings. The van der Waals surface area contributed by atoms with Gasteiger partial charge in [-0.2, -0.15) is 13.2 Å². The Morgan fingerprint density at radius 1 is 0.810 bits per heavy atom. The first-order chi connectivity index (χ1) is 30.4. The first-order valence-electron chi connectivity index (χ1n) is 22.1. The zero-order valence-electron chi connectivity index (χ0n) is 35.2. The van der Waals surface area contributed by atoms with Gasteiger partial charge in [0.2, 0.25) is 17.7 Å². The van der Waals surface area contributed by atoms with Crippen molar-refractivity contribution in [1.29, 1.82) is 0 Å².